The number of likely N-dealkylation sites (tertiary alicyclic amines) is 1. The number of carbonyl (C=O) groups excluding carboxylic acids is 1. The largest absolute Gasteiger partial charge is 0.469 e. The van der Waals surface area contributed by atoms with Crippen molar-refractivity contribution in [3.8, 4) is 0 Å². The number of nitrogens with zero attached hydrogens (tertiary/aromatic N) is 2. The van der Waals surface area contributed by atoms with Gasteiger partial charge in [-0.25, -0.2) is 9.38 Å². The minimum absolute atomic E-state index is 0.0327. The van der Waals surface area contributed by atoms with Gasteiger partial charge in [0.1, 0.15) is 5.82 Å². The highest BCUT2D eigenvalue weighted by Crippen LogP contribution is 2.19. The lowest BCUT2D eigenvalue weighted by molar-refractivity contribution is -0.146. The van der Waals surface area contributed by atoms with Crippen molar-refractivity contribution in [1.29, 1.82) is 0 Å². The van der Waals surface area contributed by atoms with E-state index in [-0.39, 0.29) is 17.7 Å². The molecule has 1 heterocycles. The number of ether oxygens (including phenoxy) is 1. The topological polar surface area (TPSA) is 53.9 Å². The molecule has 0 saturated carbocycles. The van der Waals surface area contributed by atoms with Crippen molar-refractivity contribution in [3.63, 3.8) is 0 Å². The van der Waals surface area contributed by atoms with Gasteiger partial charge in [-0.05, 0) is 53.4 Å². The van der Waals surface area contributed by atoms with E-state index in [1.807, 2.05) is 13.0 Å². The summed E-state index contributed by atoms with van der Waals surface area (Å²) in [6.45, 7) is 4.67. The average molecular weight is 400 g/mol. The Morgan fingerprint density at radius 2 is 2.17 bits per heavy atom. The first kappa shape index (κ1) is 18.7. The van der Waals surface area contributed by atoms with Crippen molar-refractivity contribution in [2.24, 2.45) is 10.9 Å². The zero-order valence-corrected chi connectivity index (χ0v) is 15.6. The number of guanidine groups is 1. The van der Waals surface area contributed by atoms with Crippen LogP contribution in [-0.4, -0.2) is 43.6 Å². The summed E-state index contributed by atoms with van der Waals surface area (Å²) in [6, 6.07) is 5.03. The maximum Gasteiger partial charge on any atom is 0.308 e. The van der Waals surface area contributed by atoms with Gasteiger partial charge in [0.2, 0.25) is 0 Å². The van der Waals surface area contributed by atoms with Crippen molar-refractivity contribution >= 4 is 27.9 Å². The molecule has 0 aromatic heterocycles. The van der Waals surface area contributed by atoms with E-state index in [0.29, 0.717) is 11.0 Å². The molecular formula is C17H23BrFN3O2. The fraction of sp³-hybridized carbons (Fsp3) is 0.529. The van der Waals surface area contributed by atoms with E-state index in [1.54, 1.807) is 6.07 Å². The Morgan fingerprint density at radius 3 is 2.75 bits per heavy atom. The van der Waals surface area contributed by atoms with E-state index in [1.165, 1.54) is 13.2 Å². The maximum absolute atomic E-state index is 13.6. The highest BCUT2D eigenvalue weighted by molar-refractivity contribution is 9.10. The van der Waals surface area contributed by atoms with Crippen LogP contribution in [0.15, 0.2) is 27.7 Å². The van der Waals surface area contributed by atoms with Crippen LogP contribution in [-0.2, 0) is 16.1 Å². The highest BCUT2D eigenvalue weighted by atomic mass is 79.9. The summed E-state index contributed by atoms with van der Waals surface area (Å²) in [7, 11) is 1.43. The second-order valence-corrected chi connectivity index (χ2v) is 6.56. The van der Waals surface area contributed by atoms with Crippen molar-refractivity contribution in [1.82, 2.24) is 10.2 Å². The Labute approximate surface area is 150 Å². The SMILES string of the molecule is CCNC(=NCc1ccc(Br)c(F)c1)N1CCC(C(=O)OC)CC1. The van der Waals surface area contributed by atoms with Gasteiger partial charge in [-0.3, -0.25) is 4.79 Å². The molecule has 0 atom stereocenters. The van der Waals surface area contributed by atoms with Crippen LogP contribution in [0.25, 0.3) is 0 Å². The number of carbonyl (C=O) groups is 1. The standard InChI is InChI=1S/C17H23BrFN3O2/c1-3-20-17(21-11-12-4-5-14(18)15(19)10-12)22-8-6-13(7-9-22)16(23)24-2/h4-5,10,13H,3,6-9,11H2,1-2H3,(H,20,21). The molecule has 132 valence electrons. The molecule has 1 aliphatic rings. The number of halogens is 2. The summed E-state index contributed by atoms with van der Waals surface area (Å²) in [4.78, 5) is 18.4. The fourth-order valence-electron chi connectivity index (χ4n) is 2.72. The molecule has 0 spiro atoms. The molecule has 5 nitrogen and oxygen atoms in total. The van der Waals surface area contributed by atoms with E-state index in [4.69, 9.17) is 4.74 Å². The number of benzene rings is 1. The first-order chi connectivity index (χ1) is 11.5. The lowest BCUT2D eigenvalue weighted by Gasteiger charge is -2.33. The van der Waals surface area contributed by atoms with Crippen molar-refractivity contribution < 1.29 is 13.9 Å². The minimum atomic E-state index is -0.286. The molecule has 2 rings (SSSR count). The smallest absolute Gasteiger partial charge is 0.308 e. The van der Waals surface area contributed by atoms with Gasteiger partial charge in [0.25, 0.3) is 0 Å². The minimum Gasteiger partial charge on any atom is -0.469 e. The van der Waals surface area contributed by atoms with Crippen molar-refractivity contribution in [2.45, 2.75) is 26.3 Å². The zero-order chi connectivity index (χ0) is 17.5. The first-order valence-electron chi connectivity index (χ1n) is 8.10. The maximum atomic E-state index is 13.6. The molecule has 0 unspecified atom stereocenters. The third-order valence-corrected chi connectivity index (χ3v) is 4.70. The predicted molar refractivity (Wildman–Crippen MR) is 95.2 cm³/mol. The molecule has 1 aliphatic heterocycles. The van der Waals surface area contributed by atoms with Crippen molar-refractivity contribution in [3.05, 3.63) is 34.1 Å². The second kappa shape index (κ2) is 9.01. The van der Waals surface area contributed by atoms with Crippen LogP contribution >= 0.6 is 15.9 Å². The third kappa shape index (κ3) is 4.93. The molecule has 1 fully saturated rings. The van der Waals surface area contributed by atoms with Crippen LogP contribution in [0.1, 0.15) is 25.3 Å². The van der Waals surface area contributed by atoms with Crippen LogP contribution in [0.4, 0.5) is 4.39 Å². The van der Waals surface area contributed by atoms with Crippen LogP contribution in [0.5, 0.6) is 0 Å². The molecule has 0 amide bonds. The Kier molecular flexibility index (Phi) is 7.02. The van der Waals surface area contributed by atoms with Gasteiger partial charge in [-0.1, -0.05) is 6.07 Å². The number of methoxy groups -OCH3 is 1. The number of hydrogen-bond acceptors (Lipinski definition) is 3. The lowest BCUT2D eigenvalue weighted by atomic mass is 9.97. The Balaban J connectivity index is 2.01. The van der Waals surface area contributed by atoms with Gasteiger partial charge in [-0.15, -0.1) is 0 Å². The summed E-state index contributed by atoms with van der Waals surface area (Å²) < 4.78 is 18.9. The molecule has 0 aliphatic carbocycles. The fourth-order valence-corrected chi connectivity index (χ4v) is 2.97. The van der Waals surface area contributed by atoms with E-state index < -0.39 is 0 Å². The van der Waals surface area contributed by atoms with Crippen molar-refractivity contribution in [2.75, 3.05) is 26.7 Å². The molecule has 7 heteroatoms. The van der Waals surface area contributed by atoms with Crippen LogP contribution in [0, 0.1) is 11.7 Å². The Hall–Kier alpha value is -1.63. The van der Waals surface area contributed by atoms with Gasteiger partial charge in [0.15, 0.2) is 5.96 Å². The number of esters is 1. The number of aliphatic imine (C=N–C) groups is 1. The number of hydrogen-bond donors (Lipinski definition) is 1. The summed E-state index contributed by atoms with van der Waals surface area (Å²) in [5.74, 6) is 0.340. The van der Waals surface area contributed by atoms with Gasteiger partial charge < -0.3 is 15.0 Å². The van der Waals surface area contributed by atoms with Gasteiger partial charge in [-0.2, -0.15) is 0 Å². The molecular weight excluding hydrogens is 377 g/mol. The molecule has 0 bridgehead atoms. The van der Waals surface area contributed by atoms with E-state index >= 15 is 0 Å². The van der Waals surface area contributed by atoms with Crippen LogP contribution < -0.4 is 5.32 Å². The molecule has 1 aromatic carbocycles. The normalized spacial score (nSPS) is 16.2. The van der Waals surface area contributed by atoms with Crippen LogP contribution in [0.2, 0.25) is 0 Å². The zero-order valence-electron chi connectivity index (χ0n) is 14.0. The van der Waals surface area contributed by atoms with E-state index in [2.05, 4.69) is 31.1 Å². The van der Waals surface area contributed by atoms with Crippen LogP contribution in [0.3, 0.4) is 0 Å². The summed E-state index contributed by atoms with van der Waals surface area (Å²) in [6.07, 6.45) is 1.51. The van der Waals surface area contributed by atoms with Gasteiger partial charge >= 0.3 is 5.97 Å². The first-order valence-corrected chi connectivity index (χ1v) is 8.89. The highest BCUT2D eigenvalue weighted by Gasteiger charge is 2.26. The van der Waals surface area contributed by atoms with Gasteiger partial charge in [0, 0.05) is 19.6 Å². The Morgan fingerprint density at radius 1 is 1.46 bits per heavy atom. The number of nitrogens with one attached hydrogen (secondary N) is 1. The van der Waals surface area contributed by atoms with Gasteiger partial charge in [0.05, 0.1) is 24.0 Å². The Bertz CT molecular complexity index is 601. The summed E-state index contributed by atoms with van der Waals surface area (Å²) in [5.41, 5.74) is 0.815. The summed E-state index contributed by atoms with van der Waals surface area (Å²) in [5, 5.41) is 3.26. The lowest BCUT2D eigenvalue weighted by Crippen LogP contribution is -2.46. The molecule has 24 heavy (non-hydrogen) atoms. The molecule has 1 aromatic rings. The number of rotatable bonds is 4. The average Bonchev–Trinajstić information content (AvgIpc) is 2.61. The molecule has 0 radical (unpaired) electrons. The third-order valence-electron chi connectivity index (χ3n) is 4.06. The molecule has 1 saturated heterocycles. The summed E-state index contributed by atoms with van der Waals surface area (Å²) >= 11 is 3.15. The van der Waals surface area contributed by atoms with E-state index in [9.17, 15) is 9.18 Å². The quantitative estimate of drug-likeness (QED) is 0.480. The van der Waals surface area contributed by atoms with E-state index in [0.717, 1.165) is 44.0 Å². The predicted octanol–water partition coefficient (Wildman–Crippen LogP) is 2.94. The molecule has 1 N–H and O–H groups in total. The monoisotopic (exact) mass is 399 g/mol. The number of piperidine rings is 1. The second-order valence-electron chi connectivity index (χ2n) is 5.70.